The fourth-order valence-electron chi connectivity index (χ4n) is 1.73. The van der Waals surface area contributed by atoms with Crippen molar-refractivity contribution in [1.82, 2.24) is 0 Å². The molecule has 1 N–H and O–H groups in total. The van der Waals surface area contributed by atoms with Crippen LogP contribution < -0.4 is 9.47 Å². The molecule has 90 valence electrons. The fraction of sp³-hybridized carbons (Fsp3) is 0.429. The van der Waals surface area contributed by atoms with E-state index in [0.29, 0.717) is 18.1 Å². The topological polar surface area (TPSA) is 38.7 Å². The number of aliphatic hydroxyl groups is 1. The van der Waals surface area contributed by atoms with E-state index in [0.717, 1.165) is 19.3 Å². The van der Waals surface area contributed by atoms with Crippen molar-refractivity contribution in [2.24, 2.45) is 0 Å². The van der Waals surface area contributed by atoms with Gasteiger partial charge in [-0.05, 0) is 31.4 Å². The molecule has 0 aromatic heterocycles. The van der Waals surface area contributed by atoms with Crippen LogP contribution in [0.4, 0.5) is 0 Å². The van der Waals surface area contributed by atoms with Crippen molar-refractivity contribution in [2.75, 3.05) is 13.2 Å². The Bertz CT molecular complexity index is 416. The normalized spacial score (nSPS) is 16.7. The Morgan fingerprint density at radius 3 is 2.59 bits per heavy atom. The third-order valence-electron chi connectivity index (χ3n) is 2.92. The lowest BCUT2D eigenvalue weighted by molar-refractivity contribution is -0.0664. The van der Waals surface area contributed by atoms with Crippen molar-refractivity contribution in [3.63, 3.8) is 0 Å². The minimum Gasteiger partial charge on any atom is -0.490 e. The molecule has 0 unspecified atom stereocenters. The second kappa shape index (κ2) is 5.11. The summed E-state index contributed by atoms with van der Waals surface area (Å²) in [5, 5.41) is 9.90. The third-order valence-corrected chi connectivity index (χ3v) is 2.92. The van der Waals surface area contributed by atoms with E-state index < -0.39 is 5.60 Å². The Balaban J connectivity index is 1.89. The molecule has 2 rings (SSSR count). The average molecular weight is 232 g/mol. The van der Waals surface area contributed by atoms with Gasteiger partial charge >= 0.3 is 0 Å². The van der Waals surface area contributed by atoms with Gasteiger partial charge in [-0.25, -0.2) is 0 Å². The van der Waals surface area contributed by atoms with Crippen molar-refractivity contribution in [3.05, 3.63) is 24.3 Å². The summed E-state index contributed by atoms with van der Waals surface area (Å²) in [6.07, 6.45) is 7.83. The zero-order valence-corrected chi connectivity index (χ0v) is 9.69. The van der Waals surface area contributed by atoms with Crippen molar-refractivity contribution < 1.29 is 14.6 Å². The van der Waals surface area contributed by atoms with Crippen molar-refractivity contribution in [1.29, 1.82) is 0 Å². The van der Waals surface area contributed by atoms with Crippen LogP contribution in [0.2, 0.25) is 0 Å². The van der Waals surface area contributed by atoms with E-state index in [-0.39, 0.29) is 6.61 Å². The molecule has 1 fully saturated rings. The molecule has 0 aliphatic heterocycles. The predicted octanol–water partition coefficient (Wildman–Crippen LogP) is 1.99. The van der Waals surface area contributed by atoms with Crippen molar-refractivity contribution in [2.45, 2.75) is 24.9 Å². The van der Waals surface area contributed by atoms with Gasteiger partial charge in [0.1, 0.15) is 24.7 Å². The lowest BCUT2D eigenvalue weighted by atomic mass is 9.81. The summed E-state index contributed by atoms with van der Waals surface area (Å²) in [7, 11) is 0. The van der Waals surface area contributed by atoms with Gasteiger partial charge in [0, 0.05) is 6.07 Å². The second-order valence-corrected chi connectivity index (χ2v) is 4.33. The highest BCUT2D eigenvalue weighted by Gasteiger charge is 2.35. The molecule has 3 nitrogen and oxygen atoms in total. The standard InChI is InChI=1S/C14H16O3/c1-2-9-16-12-5-3-6-13(10-12)17-11-14(15)7-4-8-14/h1,3,5-6,10,15H,4,7-9,11H2. The molecule has 0 atom stereocenters. The summed E-state index contributed by atoms with van der Waals surface area (Å²) in [6, 6.07) is 7.28. The van der Waals surface area contributed by atoms with Gasteiger partial charge in [0.15, 0.2) is 0 Å². The molecule has 0 bridgehead atoms. The van der Waals surface area contributed by atoms with Crippen LogP contribution in [0.3, 0.4) is 0 Å². The fourth-order valence-corrected chi connectivity index (χ4v) is 1.73. The lowest BCUT2D eigenvalue weighted by Crippen LogP contribution is -2.42. The molecule has 0 radical (unpaired) electrons. The van der Waals surface area contributed by atoms with E-state index in [1.807, 2.05) is 18.2 Å². The van der Waals surface area contributed by atoms with Crippen molar-refractivity contribution in [3.8, 4) is 23.8 Å². The van der Waals surface area contributed by atoms with E-state index in [1.54, 1.807) is 6.07 Å². The highest BCUT2D eigenvalue weighted by molar-refractivity contribution is 5.33. The zero-order chi connectivity index (χ0) is 12.1. The molecule has 0 amide bonds. The zero-order valence-electron chi connectivity index (χ0n) is 9.69. The summed E-state index contributed by atoms with van der Waals surface area (Å²) in [5.41, 5.74) is -0.629. The monoisotopic (exact) mass is 232 g/mol. The van der Waals surface area contributed by atoms with Gasteiger partial charge in [-0.3, -0.25) is 0 Å². The molecule has 0 spiro atoms. The van der Waals surface area contributed by atoms with Crippen LogP contribution in [-0.2, 0) is 0 Å². The maximum Gasteiger partial charge on any atom is 0.148 e. The molecule has 17 heavy (non-hydrogen) atoms. The van der Waals surface area contributed by atoms with E-state index in [2.05, 4.69) is 5.92 Å². The molecule has 3 heteroatoms. The summed E-state index contributed by atoms with van der Waals surface area (Å²) >= 11 is 0. The Morgan fingerprint density at radius 2 is 2.00 bits per heavy atom. The van der Waals surface area contributed by atoms with Crippen LogP contribution in [0.15, 0.2) is 24.3 Å². The molecule has 0 heterocycles. The number of ether oxygens (including phenoxy) is 2. The summed E-state index contributed by atoms with van der Waals surface area (Å²) < 4.78 is 10.8. The number of terminal acetylenes is 1. The van der Waals surface area contributed by atoms with Crippen LogP contribution in [0, 0.1) is 12.3 Å². The van der Waals surface area contributed by atoms with Gasteiger partial charge in [0.2, 0.25) is 0 Å². The molecular weight excluding hydrogens is 216 g/mol. The first-order valence-electron chi connectivity index (χ1n) is 5.73. The second-order valence-electron chi connectivity index (χ2n) is 4.33. The Kier molecular flexibility index (Phi) is 3.55. The first kappa shape index (κ1) is 11.8. The van der Waals surface area contributed by atoms with Gasteiger partial charge in [-0.2, -0.15) is 0 Å². The average Bonchev–Trinajstić information content (AvgIpc) is 2.32. The van der Waals surface area contributed by atoms with E-state index in [4.69, 9.17) is 15.9 Å². The SMILES string of the molecule is C#CCOc1cccc(OCC2(O)CCC2)c1. The molecule has 0 saturated heterocycles. The van der Waals surface area contributed by atoms with Crippen LogP contribution in [0.5, 0.6) is 11.5 Å². The number of rotatable bonds is 5. The van der Waals surface area contributed by atoms with Gasteiger partial charge < -0.3 is 14.6 Å². The van der Waals surface area contributed by atoms with Crippen molar-refractivity contribution >= 4 is 0 Å². The Morgan fingerprint density at radius 1 is 1.29 bits per heavy atom. The Hall–Kier alpha value is -1.66. The largest absolute Gasteiger partial charge is 0.490 e. The van der Waals surface area contributed by atoms with Crippen LogP contribution in [-0.4, -0.2) is 23.9 Å². The molecular formula is C14H16O3. The van der Waals surface area contributed by atoms with E-state index >= 15 is 0 Å². The number of benzene rings is 1. The minimum absolute atomic E-state index is 0.243. The van der Waals surface area contributed by atoms with Gasteiger partial charge in [-0.1, -0.05) is 12.0 Å². The van der Waals surface area contributed by atoms with E-state index in [9.17, 15) is 5.11 Å². The maximum absolute atomic E-state index is 9.90. The van der Waals surface area contributed by atoms with Gasteiger partial charge in [0.25, 0.3) is 0 Å². The number of hydrogen-bond donors (Lipinski definition) is 1. The number of hydrogen-bond acceptors (Lipinski definition) is 3. The molecule has 1 aliphatic carbocycles. The summed E-state index contributed by atoms with van der Waals surface area (Å²) in [6.45, 7) is 0.582. The van der Waals surface area contributed by atoms with Crippen LogP contribution >= 0.6 is 0 Å². The van der Waals surface area contributed by atoms with E-state index in [1.165, 1.54) is 0 Å². The van der Waals surface area contributed by atoms with Gasteiger partial charge in [0.05, 0.1) is 5.60 Å². The highest BCUT2D eigenvalue weighted by atomic mass is 16.5. The minimum atomic E-state index is -0.629. The molecule has 1 saturated carbocycles. The smallest absolute Gasteiger partial charge is 0.148 e. The predicted molar refractivity (Wildman–Crippen MR) is 65.1 cm³/mol. The quantitative estimate of drug-likeness (QED) is 0.789. The summed E-state index contributed by atoms with van der Waals surface area (Å²) in [5.74, 6) is 3.78. The molecule has 1 aromatic carbocycles. The lowest BCUT2D eigenvalue weighted by Gasteiger charge is -2.36. The van der Waals surface area contributed by atoms with Crippen LogP contribution in [0.25, 0.3) is 0 Å². The first-order chi connectivity index (χ1) is 8.22. The Labute approximate surface area is 101 Å². The molecule has 1 aromatic rings. The van der Waals surface area contributed by atoms with Crippen LogP contribution in [0.1, 0.15) is 19.3 Å². The highest BCUT2D eigenvalue weighted by Crippen LogP contribution is 2.32. The third kappa shape index (κ3) is 3.15. The van der Waals surface area contributed by atoms with Gasteiger partial charge in [-0.15, -0.1) is 6.42 Å². The summed E-state index contributed by atoms with van der Waals surface area (Å²) in [4.78, 5) is 0. The maximum atomic E-state index is 9.90. The molecule has 1 aliphatic rings. The first-order valence-corrected chi connectivity index (χ1v) is 5.73.